The summed E-state index contributed by atoms with van der Waals surface area (Å²) in [5, 5.41) is 23.6. The van der Waals surface area contributed by atoms with Gasteiger partial charge in [-0.15, -0.1) is 0 Å². The van der Waals surface area contributed by atoms with Crippen LogP contribution in [0.5, 0.6) is 5.75 Å². The average Bonchev–Trinajstić information content (AvgIpc) is 2.47. The minimum absolute atomic E-state index is 0.0198. The van der Waals surface area contributed by atoms with E-state index < -0.39 is 4.92 Å². The van der Waals surface area contributed by atoms with Crippen LogP contribution in [0, 0.1) is 10.1 Å². The third-order valence-corrected chi connectivity index (χ3v) is 3.86. The number of nitrogens with zero attached hydrogens (tertiary/aromatic N) is 1. The summed E-state index contributed by atoms with van der Waals surface area (Å²) in [6, 6.07) is 11.9. The summed E-state index contributed by atoms with van der Waals surface area (Å²) in [6.45, 7) is 2.03. The lowest BCUT2D eigenvalue weighted by Crippen LogP contribution is -2.09. The van der Waals surface area contributed by atoms with Gasteiger partial charge < -0.3 is 10.4 Å². The van der Waals surface area contributed by atoms with E-state index >= 15 is 0 Å². The largest absolute Gasteiger partial charge is 0.508 e. The maximum Gasteiger partial charge on any atom is 0.285 e. The molecule has 2 aromatic carbocycles. The Labute approximate surface area is 130 Å². The number of nitrogens with one attached hydrogen (secondary N) is 1. The van der Waals surface area contributed by atoms with E-state index in [-0.39, 0.29) is 17.5 Å². The summed E-state index contributed by atoms with van der Waals surface area (Å²) in [7, 11) is 0. The molecule has 5 nitrogen and oxygen atoms in total. The van der Waals surface area contributed by atoms with Gasteiger partial charge in [-0.05, 0) is 52.2 Å². The van der Waals surface area contributed by atoms with Crippen molar-refractivity contribution in [3.63, 3.8) is 0 Å². The Morgan fingerprint density at radius 1 is 1.29 bits per heavy atom. The van der Waals surface area contributed by atoms with Gasteiger partial charge in [0.25, 0.3) is 5.69 Å². The van der Waals surface area contributed by atoms with Crippen LogP contribution in [0.2, 0.25) is 0 Å². The third kappa shape index (κ3) is 3.72. The highest BCUT2D eigenvalue weighted by molar-refractivity contribution is 9.10. The fourth-order valence-corrected chi connectivity index (χ4v) is 2.46. The topological polar surface area (TPSA) is 75.4 Å². The molecule has 0 saturated carbocycles. The van der Waals surface area contributed by atoms with E-state index in [4.69, 9.17) is 0 Å². The first-order chi connectivity index (χ1) is 10.0. The molecule has 0 amide bonds. The van der Waals surface area contributed by atoms with Crippen LogP contribution in [-0.4, -0.2) is 10.0 Å². The molecule has 2 aromatic rings. The van der Waals surface area contributed by atoms with Crippen molar-refractivity contribution in [3.8, 4) is 5.75 Å². The number of halogens is 1. The van der Waals surface area contributed by atoms with Gasteiger partial charge in [0.1, 0.15) is 5.75 Å². The lowest BCUT2D eigenvalue weighted by atomic mass is 10.0. The first kappa shape index (κ1) is 15.3. The SMILES string of the molecule is CCC(Nc1ccc(Br)c([N+](=O)[O-])c1)c1ccc(O)cc1. The molecule has 110 valence electrons. The van der Waals surface area contributed by atoms with Crippen LogP contribution in [0.25, 0.3) is 0 Å². The molecule has 0 spiro atoms. The molecule has 2 rings (SSSR count). The fourth-order valence-electron chi connectivity index (χ4n) is 2.07. The van der Waals surface area contributed by atoms with Crippen LogP contribution < -0.4 is 5.32 Å². The molecular formula is C15H15BrN2O3. The number of phenols is 1. The van der Waals surface area contributed by atoms with Crippen molar-refractivity contribution in [2.75, 3.05) is 5.32 Å². The number of hydrogen-bond donors (Lipinski definition) is 2. The van der Waals surface area contributed by atoms with Crippen molar-refractivity contribution in [1.82, 2.24) is 0 Å². The van der Waals surface area contributed by atoms with Crippen molar-refractivity contribution in [1.29, 1.82) is 0 Å². The van der Waals surface area contributed by atoms with Gasteiger partial charge in [-0.3, -0.25) is 10.1 Å². The highest BCUT2D eigenvalue weighted by atomic mass is 79.9. The van der Waals surface area contributed by atoms with E-state index in [0.29, 0.717) is 10.2 Å². The molecule has 0 aliphatic carbocycles. The summed E-state index contributed by atoms with van der Waals surface area (Å²) in [5.74, 6) is 0.216. The first-order valence-electron chi connectivity index (χ1n) is 6.50. The summed E-state index contributed by atoms with van der Waals surface area (Å²) >= 11 is 3.17. The van der Waals surface area contributed by atoms with Gasteiger partial charge >= 0.3 is 0 Å². The number of nitro groups is 1. The van der Waals surface area contributed by atoms with Crippen molar-refractivity contribution in [2.24, 2.45) is 0 Å². The zero-order valence-electron chi connectivity index (χ0n) is 11.4. The normalized spacial score (nSPS) is 11.9. The second kappa shape index (κ2) is 6.58. The molecular weight excluding hydrogens is 336 g/mol. The van der Waals surface area contributed by atoms with Gasteiger partial charge in [0.15, 0.2) is 0 Å². The molecule has 0 aliphatic rings. The Hall–Kier alpha value is -2.08. The Balaban J connectivity index is 2.24. The van der Waals surface area contributed by atoms with E-state index in [1.54, 1.807) is 24.3 Å². The van der Waals surface area contributed by atoms with Crippen molar-refractivity contribution in [2.45, 2.75) is 19.4 Å². The minimum atomic E-state index is -0.420. The standard InChI is InChI=1S/C15H15BrN2O3/c1-2-14(10-3-6-12(19)7-4-10)17-11-5-8-13(16)15(9-11)18(20)21/h3-9,14,17,19H,2H2,1H3. The van der Waals surface area contributed by atoms with Gasteiger partial charge in [0, 0.05) is 11.8 Å². The van der Waals surface area contributed by atoms with Crippen LogP contribution in [-0.2, 0) is 0 Å². The first-order valence-corrected chi connectivity index (χ1v) is 7.30. The summed E-state index contributed by atoms with van der Waals surface area (Å²) in [6.07, 6.45) is 0.814. The zero-order chi connectivity index (χ0) is 15.4. The zero-order valence-corrected chi connectivity index (χ0v) is 13.0. The van der Waals surface area contributed by atoms with Gasteiger partial charge in [-0.25, -0.2) is 0 Å². The Morgan fingerprint density at radius 2 is 1.95 bits per heavy atom. The smallest absolute Gasteiger partial charge is 0.285 e. The predicted octanol–water partition coefficient (Wildman–Crippen LogP) is 4.63. The molecule has 1 unspecified atom stereocenters. The molecule has 0 radical (unpaired) electrons. The molecule has 0 bridgehead atoms. The number of benzene rings is 2. The Bertz CT molecular complexity index is 644. The second-order valence-corrected chi connectivity index (χ2v) is 5.47. The fraction of sp³-hybridized carbons (Fsp3) is 0.200. The van der Waals surface area contributed by atoms with Crippen LogP contribution in [0.1, 0.15) is 24.9 Å². The molecule has 0 aliphatic heterocycles. The Morgan fingerprint density at radius 3 is 2.52 bits per heavy atom. The molecule has 6 heteroatoms. The van der Waals surface area contributed by atoms with E-state index in [1.165, 1.54) is 6.07 Å². The molecule has 0 fully saturated rings. The second-order valence-electron chi connectivity index (χ2n) is 4.62. The summed E-state index contributed by atoms with van der Waals surface area (Å²) in [5.41, 5.74) is 1.73. The molecule has 0 saturated heterocycles. The van der Waals surface area contributed by atoms with Crippen molar-refractivity contribution >= 4 is 27.3 Å². The third-order valence-electron chi connectivity index (χ3n) is 3.19. The van der Waals surface area contributed by atoms with E-state index in [9.17, 15) is 15.2 Å². The van der Waals surface area contributed by atoms with Crippen LogP contribution >= 0.6 is 15.9 Å². The number of nitro benzene ring substituents is 1. The highest BCUT2D eigenvalue weighted by Gasteiger charge is 2.15. The molecule has 0 heterocycles. The van der Waals surface area contributed by atoms with Crippen LogP contribution in [0.3, 0.4) is 0 Å². The minimum Gasteiger partial charge on any atom is -0.508 e. The number of phenolic OH excluding ortho intramolecular Hbond substituents is 1. The van der Waals surface area contributed by atoms with E-state index in [1.807, 2.05) is 19.1 Å². The summed E-state index contributed by atoms with van der Waals surface area (Å²) in [4.78, 5) is 10.5. The number of aromatic hydroxyl groups is 1. The number of hydrogen-bond acceptors (Lipinski definition) is 4. The molecule has 0 aromatic heterocycles. The van der Waals surface area contributed by atoms with Gasteiger partial charge in [-0.2, -0.15) is 0 Å². The monoisotopic (exact) mass is 350 g/mol. The molecule has 1 atom stereocenters. The lowest BCUT2D eigenvalue weighted by molar-refractivity contribution is -0.385. The molecule has 2 N–H and O–H groups in total. The quantitative estimate of drug-likeness (QED) is 0.609. The van der Waals surface area contributed by atoms with Crippen LogP contribution in [0.4, 0.5) is 11.4 Å². The van der Waals surface area contributed by atoms with Gasteiger partial charge in [0.05, 0.1) is 15.4 Å². The number of anilines is 1. The Kier molecular flexibility index (Phi) is 4.80. The summed E-state index contributed by atoms with van der Waals surface area (Å²) < 4.78 is 0.454. The van der Waals surface area contributed by atoms with Gasteiger partial charge in [0.2, 0.25) is 0 Å². The van der Waals surface area contributed by atoms with Crippen molar-refractivity contribution in [3.05, 3.63) is 62.6 Å². The maximum atomic E-state index is 11.0. The highest BCUT2D eigenvalue weighted by Crippen LogP contribution is 2.30. The average molecular weight is 351 g/mol. The number of rotatable bonds is 5. The lowest BCUT2D eigenvalue weighted by Gasteiger charge is -2.19. The predicted molar refractivity (Wildman–Crippen MR) is 85.6 cm³/mol. The van der Waals surface area contributed by atoms with Gasteiger partial charge in [-0.1, -0.05) is 19.1 Å². The van der Waals surface area contributed by atoms with Crippen molar-refractivity contribution < 1.29 is 10.0 Å². The van der Waals surface area contributed by atoms with Crippen LogP contribution in [0.15, 0.2) is 46.9 Å². The van der Waals surface area contributed by atoms with E-state index in [2.05, 4.69) is 21.2 Å². The maximum absolute atomic E-state index is 11.0. The van der Waals surface area contributed by atoms with E-state index in [0.717, 1.165) is 12.0 Å². The molecule has 21 heavy (non-hydrogen) atoms.